The number of hydrogen-bond donors (Lipinski definition) is 1. The van der Waals surface area contributed by atoms with Crippen LogP contribution >= 0.6 is 23.1 Å². The maximum Gasteiger partial charge on any atom is 0.245 e. The highest BCUT2D eigenvalue weighted by Crippen LogP contribution is 2.29. The van der Waals surface area contributed by atoms with Crippen LogP contribution in [0, 0.1) is 12.8 Å². The van der Waals surface area contributed by atoms with Crippen LogP contribution in [-0.4, -0.2) is 45.5 Å². The van der Waals surface area contributed by atoms with Crippen LogP contribution in [0.5, 0.6) is 0 Å². The van der Waals surface area contributed by atoms with Crippen LogP contribution in [0.25, 0.3) is 11.0 Å². The first-order valence-electron chi connectivity index (χ1n) is 8.40. The number of piperidine rings is 1. The van der Waals surface area contributed by atoms with Crippen molar-refractivity contribution >= 4 is 55.2 Å². The van der Waals surface area contributed by atoms with Gasteiger partial charge < -0.3 is 5.32 Å². The first kappa shape index (κ1) is 18.4. The topological polar surface area (TPSA) is 105 Å². The number of thiazole rings is 1. The number of nitrogens with zero attached hydrogens (tertiary/aromatic N) is 4. The van der Waals surface area contributed by atoms with Crippen LogP contribution in [0.1, 0.15) is 17.7 Å². The zero-order chi connectivity index (χ0) is 19.0. The number of carbonyl (C=O) groups is 1. The SMILES string of the molecule is Cc1cnc(NC(=O)C2CCCN(S(=O)(=O)c3cccc4nsnc34)C2)s1. The summed E-state index contributed by atoms with van der Waals surface area (Å²) in [7, 11) is -3.75. The number of rotatable bonds is 4. The van der Waals surface area contributed by atoms with E-state index in [1.807, 2.05) is 6.92 Å². The van der Waals surface area contributed by atoms with E-state index in [1.165, 1.54) is 15.6 Å². The van der Waals surface area contributed by atoms with E-state index in [1.54, 1.807) is 24.4 Å². The number of aryl methyl sites for hydroxylation is 1. The zero-order valence-corrected chi connectivity index (χ0v) is 16.9. The molecule has 142 valence electrons. The van der Waals surface area contributed by atoms with Gasteiger partial charge in [0.1, 0.15) is 15.9 Å². The average Bonchev–Trinajstić information content (AvgIpc) is 3.30. The lowest BCUT2D eigenvalue weighted by molar-refractivity contribution is -0.120. The van der Waals surface area contributed by atoms with Gasteiger partial charge in [-0.15, -0.1) is 11.3 Å². The summed E-state index contributed by atoms with van der Waals surface area (Å²) in [5.41, 5.74) is 0.943. The maximum atomic E-state index is 13.1. The quantitative estimate of drug-likeness (QED) is 0.691. The summed E-state index contributed by atoms with van der Waals surface area (Å²) in [6.07, 6.45) is 2.96. The third-order valence-electron chi connectivity index (χ3n) is 4.47. The summed E-state index contributed by atoms with van der Waals surface area (Å²) < 4.78 is 35.9. The highest BCUT2D eigenvalue weighted by Gasteiger charge is 2.34. The molecule has 1 atom stereocenters. The zero-order valence-electron chi connectivity index (χ0n) is 14.5. The number of anilines is 1. The molecular weight excluding hydrogens is 406 g/mol. The number of hydrogen-bond acceptors (Lipinski definition) is 8. The van der Waals surface area contributed by atoms with Gasteiger partial charge in [-0.1, -0.05) is 6.07 Å². The highest BCUT2D eigenvalue weighted by atomic mass is 32.2. The summed E-state index contributed by atoms with van der Waals surface area (Å²) in [4.78, 5) is 17.9. The molecule has 0 aliphatic carbocycles. The fourth-order valence-electron chi connectivity index (χ4n) is 3.12. The summed E-state index contributed by atoms with van der Waals surface area (Å²) in [5, 5.41) is 3.33. The number of aromatic nitrogens is 3. The fourth-order valence-corrected chi connectivity index (χ4v) is 6.07. The molecule has 0 bridgehead atoms. The molecule has 11 heteroatoms. The molecule has 3 aromatic rings. The molecule has 27 heavy (non-hydrogen) atoms. The molecule has 1 saturated heterocycles. The Hall–Kier alpha value is -1.95. The molecule has 0 spiro atoms. The minimum absolute atomic E-state index is 0.144. The molecule has 1 aliphatic heterocycles. The second kappa shape index (κ2) is 7.23. The van der Waals surface area contributed by atoms with Crippen molar-refractivity contribution in [2.45, 2.75) is 24.7 Å². The molecule has 8 nitrogen and oxygen atoms in total. The third-order valence-corrected chi connectivity index (χ3v) is 7.74. The lowest BCUT2D eigenvalue weighted by Gasteiger charge is -2.31. The van der Waals surface area contributed by atoms with E-state index in [2.05, 4.69) is 19.0 Å². The van der Waals surface area contributed by atoms with E-state index < -0.39 is 15.9 Å². The number of benzene rings is 1. The lowest BCUT2D eigenvalue weighted by Crippen LogP contribution is -2.43. The van der Waals surface area contributed by atoms with Gasteiger partial charge in [0.15, 0.2) is 5.13 Å². The first-order valence-corrected chi connectivity index (χ1v) is 11.4. The first-order chi connectivity index (χ1) is 12.9. The van der Waals surface area contributed by atoms with Crippen molar-refractivity contribution in [1.29, 1.82) is 0 Å². The molecule has 2 aromatic heterocycles. The smallest absolute Gasteiger partial charge is 0.245 e. The predicted octanol–water partition coefficient (Wildman–Crippen LogP) is 2.50. The molecule has 1 N–H and O–H groups in total. The summed E-state index contributed by atoms with van der Waals surface area (Å²) in [6, 6.07) is 4.94. The second-order valence-electron chi connectivity index (χ2n) is 6.36. The van der Waals surface area contributed by atoms with Crippen LogP contribution in [0.2, 0.25) is 0 Å². The van der Waals surface area contributed by atoms with Gasteiger partial charge in [0.25, 0.3) is 0 Å². The Labute approximate surface area is 164 Å². The third kappa shape index (κ3) is 3.59. The van der Waals surface area contributed by atoms with Crippen LogP contribution in [-0.2, 0) is 14.8 Å². The number of fused-ring (bicyclic) bond motifs is 1. The highest BCUT2D eigenvalue weighted by molar-refractivity contribution is 7.89. The Kier molecular flexibility index (Phi) is 4.93. The molecular formula is C16H17N5O3S3. The van der Waals surface area contributed by atoms with E-state index in [0.717, 1.165) is 16.6 Å². The monoisotopic (exact) mass is 423 g/mol. The second-order valence-corrected chi connectivity index (χ2v) is 10.0. The maximum absolute atomic E-state index is 13.1. The number of nitrogens with one attached hydrogen (secondary N) is 1. The average molecular weight is 424 g/mol. The molecule has 4 rings (SSSR count). The van der Waals surface area contributed by atoms with Gasteiger partial charge in [0.2, 0.25) is 15.9 Å². The van der Waals surface area contributed by atoms with Gasteiger partial charge in [0, 0.05) is 24.2 Å². The van der Waals surface area contributed by atoms with Gasteiger partial charge in [-0.2, -0.15) is 13.1 Å². The van der Waals surface area contributed by atoms with Gasteiger partial charge in [-0.25, -0.2) is 13.4 Å². The number of carbonyl (C=O) groups excluding carboxylic acids is 1. The summed E-state index contributed by atoms with van der Waals surface area (Å²) in [6.45, 7) is 2.44. The van der Waals surface area contributed by atoms with Crippen LogP contribution in [0.4, 0.5) is 5.13 Å². The summed E-state index contributed by atoms with van der Waals surface area (Å²) in [5.74, 6) is -0.608. The largest absolute Gasteiger partial charge is 0.302 e. The van der Waals surface area contributed by atoms with Crippen molar-refractivity contribution in [3.05, 3.63) is 29.3 Å². The number of sulfonamides is 1. The van der Waals surface area contributed by atoms with E-state index in [0.29, 0.717) is 35.6 Å². The fraction of sp³-hybridized carbons (Fsp3) is 0.375. The number of amides is 1. The predicted molar refractivity (Wildman–Crippen MR) is 104 cm³/mol. The molecule has 1 aromatic carbocycles. The van der Waals surface area contributed by atoms with Crippen molar-refractivity contribution in [3.63, 3.8) is 0 Å². The normalized spacial score (nSPS) is 18.6. The molecule has 1 unspecified atom stereocenters. The van der Waals surface area contributed by atoms with Gasteiger partial charge in [-0.05, 0) is 31.9 Å². The van der Waals surface area contributed by atoms with Crippen LogP contribution in [0.15, 0.2) is 29.3 Å². The van der Waals surface area contributed by atoms with Crippen molar-refractivity contribution < 1.29 is 13.2 Å². The molecule has 1 aliphatic rings. The van der Waals surface area contributed by atoms with Gasteiger partial charge in [-0.3, -0.25) is 4.79 Å². The Bertz CT molecular complexity index is 1090. The van der Waals surface area contributed by atoms with Crippen LogP contribution in [0.3, 0.4) is 0 Å². The molecule has 1 amide bonds. The standard InChI is InChI=1S/C16H17N5O3S3/c1-10-8-17-16(25-10)18-15(22)11-4-3-7-21(9-11)27(23,24)13-6-2-5-12-14(13)20-26-19-12/h2,5-6,8,11H,3-4,7,9H2,1H3,(H,17,18,22). The van der Waals surface area contributed by atoms with Crippen molar-refractivity contribution in [3.8, 4) is 0 Å². The lowest BCUT2D eigenvalue weighted by atomic mass is 9.99. The van der Waals surface area contributed by atoms with Crippen LogP contribution < -0.4 is 5.32 Å². The van der Waals surface area contributed by atoms with Gasteiger partial charge in [0.05, 0.1) is 17.6 Å². The van der Waals surface area contributed by atoms with E-state index in [9.17, 15) is 13.2 Å². The van der Waals surface area contributed by atoms with Crippen molar-refractivity contribution in [2.75, 3.05) is 18.4 Å². The van der Waals surface area contributed by atoms with E-state index in [4.69, 9.17) is 0 Å². The Morgan fingerprint density at radius 3 is 2.96 bits per heavy atom. The molecule has 0 saturated carbocycles. The van der Waals surface area contributed by atoms with Crippen molar-refractivity contribution in [2.24, 2.45) is 5.92 Å². The minimum atomic E-state index is -3.75. The van der Waals surface area contributed by atoms with Crippen molar-refractivity contribution in [1.82, 2.24) is 18.0 Å². The molecule has 3 heterocycles. The molecule has 1 fully saturated rings. The molecule has 0 radical (unpaired) electrons. The Morgan fingerprint density at radius 2 is 2.19 bits per heavy atom. The summed E-state index contributed by atoms with van der Waals surface area (Å²) >= 11 is 2.38. The van der Waals surface area contributed by atoms with E-state index in [-0.39, 0.29) is 17.3 Å². The Morgan fingerprint density at radius 1 is 1.33 bits per heavy atom. The minimum Gasteiger partial charge on any atom is -0.302 e. The van der Waals surface area contributed by atoms with E-state index >= 15 is 0 Å². The van der Waals surface area contributed by atoms with Gasteiger partial charge >= 0.3 is 0 Å². The Balaban J connectivity index is 1.55.